The fourth-order valence-electron chi connectivity index (χ4n) is 1.62. The van der Waals surface area contributed by atoms with Crippen molar-refractivity contribution in [2.75, 3.05) is 13.2 Å². The molecule has 8 heteroatoms. The molecular weight excluding hydrogens is 384 g/mol. The van der Waals surface area contributed by atoms with E-state index in [0.717, 1.165) is 0 Å². The van der Waals surface area contributed by atoms with E-state index in [0.29, 0.717) is 4.47 Å². The maximum atomic E-state index is 12.0. The lowest BCUT2D eigenvalue weighted by atomic mass is 10.1. The summed E-state index contributed by atoms with van der Waals surface area (Å²) in [5, 5.41) is 0. The van der Waals surface area contributed by atoms with Gasteiger partial charge >= 0.3 is 5.97 Å². The first-order chi connectivity index (χ1) is 9.62. The van der Waals surface area contributed by atoms with Crippen molar-refractivity contribution < 1.29 is 22.7 Å². The Balaban J connectivity index is 2.93. The molecule has 1 rings (SSSR count). The van der Waals surface area contributed by atoms with Crippen molar-refractivity contribution in [2.45, 2.75) is 31.8 Å². The predicted octanol–water partition coefficient (Wildman–Crippen LogP) is 3.27. The van der Waals surface area contributed by atoms with Gasteiger partial charge in [-0.15, -0.1) is 0 Å². The van der Waals surface area contributed by atoms with Gasteiger partial charge in [-0.25, -0.2) is 13.2 Å². The van der Waals surface area contributed by atoms with Crippen molar-refractivity contribution in [3.63, 3.8) is 0 Å². The first kappa shape index (κ1) is 18.4. The molecule has 0 bridgehead atoms. The van der Waals surface area contributed by atoms with Crippen LogP contribution in [0.4, 0.5) is 0 Å². The second-order valence-corrected chi connectivity index (χ2v) is 8.02. The molecule has 21 heavy (non-hydrogen) atoms. The molecule has 0 saturated carbocycles. The number of benzene rings is 1. The number of carbonyl (C=O) groups is 1. The predicted molar refractivity (Wildman–Crippen MR) is 83.3 cm³/mol. The third-order valence-corrected chi connectivity index (χ3v) is 4.48. The molecule has 0 aliphatic carbocycles. The number of ether oxygens (including phenoxy) is 2. The van der Waals surface area contributed by atoms with E-state index >= 15 is 0 Å². The van der Waals surface area contributed by atoms with Gasteiger partial charge in [0.15, 0.2) is 0 Å². The molecule has 0 aliphatic heterocycles. The van der Waals surface area contributed by atoms with E-state index in [-0.39, 0.29) is 35.3 Å². The van der Waals surface area contributed by atoms with Crippen LogP contribution in [0.25, 0.3) is 0 Å². The normalized spacial score (nSPS) is 11.7. The van der Waals surface area contributed by atoms with E-state index in [9.17, 15) is 13.2 Å². The molecule has 0 aromatic heterocycles. The fourth-order valence-corrected chi connectivity index (χ4v) is 3.45. The molecule has 0 fully saturated rings. The van der Waals surface area contributed by atoms with Crippen molar-refractivity contribution >= 4 is 41.6 Å². The van der Waals surface area contributed by atoms with Crippen molar-refractivity contribution in [3.8, 4) is 0 Å². The third-order valence-electron chi connectivity index (χ3n) is 2.58. The summed E-state index contributed by atoms with van der Waals surface area (Å²) in [6, 6.07) is 2.84. The van der Waals surface area contributed by atoms with Gasteiger partial charge in [0.2, 0.25) is 0 Å². The highest BCUT2D eigenvalue weighted by molar-refractivity contribution is 9.10. The van der Waals surface area contributed by atoms with Crippen LogP contribution in [0.15, 0.2) is 21.5 Å². The van der Waals surface area contributed by atoms with Gasteiger partial charge in [-0.2, -0.15) is 0 Å². The first-order valence-electron chi connectivity index (χ1n) is 6.16. The molecular formula is C13H16BrClO5S. The van der Waals surface area contributed by atoms with E-state index < -0.39 is 15.0 Å². The second kappa shape index (κ2) is 7.58. The first-order valence-corrected chi connectivity index (χ1v) is 9.26. The van der Waals surface area contributed by atoms with Crippen LogP contribution in [0.1, 0.15) is 29.8 Å². The number of halogens is 2. The maximum absolute atomic E-state index is 12.0. The van der Waals surface area contributed by atoms with Gasteiger partial charge in [-0.3, -0.25) is 0 Å². The molecule has 0 aliphatic rings. The Hall–Kier alpha value is -0.630. The summed E-state index contributed by atoms with van der Waals surface area (Å²) in [5.41, 5.74) is 0.399. The van der Waals surface area contributed by atoms with Crippen molar-refractivity contribution in [2.24, 2.45) is 0 Å². The minimum atomic E-state index is -3.94. The highest BCUT2D eigenvalue weighted by Gasteiger charge is 2.21. The molecule has 0 amide bonds. The summed E-state index contributed by atoms with van der Waals surface area (Å²) < 4.78 is 33.7. The zero-order valence-corrected chi connectivity index (χ0v) is 15.0. The van der Waals surface area contributed by atoms with E-state index in [4.69, 9.17) is 20.2 Å². The quantitative estimate of drug-likeness (QED) is 0.417. The minimum Gasteiger partial charge on any atom is -0.460 e. The largest absolute Gasteiger partial charge is 0.460 e. The molecule has 118 valence electrons. The van der Waals surface area contributed by atoms with Crippen LogP contribution in [0.2, 0.25) is 0 Å². The Morgan fingerprint density at radius 3 is 2.48 bits per heavy atom. The summed E-state index contributed by atoms with van der Waals surface area (Å²) in [6.07, 6.45) is 0.0456. The second-order valence-electron chi connectivity index (χ2n) is 4.57. The zero-order valence-electron chi connectivity index (χ0n) is 11.9. The van der Waals surface area contributed by atoms with Gasteiger partial charge in [0, 0.05) is 15.2 Å². The Morgan fingerprint density at radius 1 is 1.33 bits per heavy atom. The molecule has 0 atom stereocenters. The maximum Gasteiger partial charge on any atom is 0.338 e. The van der Waals surface area contributed by atoms with Crippen LogP contribution < -0.4 is 0 Å². The SMILES string of the molecule is Cc1c(C(=O)OCCOC(C)C)cc(Br)cc1S(=O)(=O)Cl. The molecule has 0 radical (unpaired) electrons. The van der Waals surface area contributed by atoms with Crippen LogP contribution in [0, 0.1) is 6.92 Å². The van der Waals surface area contributed by atoms with Crippen molar-refractivity contribution in [3.05, 3.63) is 27.7 Å². The summed E-state index contributed by atoms with van der Waals surface area (Å²) in [6.45, 7) is 5.61. The zero-order chi connectivity index (χ0) is 16.2. The van der Waals surface area contributed by atoms with Crippen molar-refractivity contribution in [1.82, 2.24) is 0 Å². The Morgan fingerprint density at radius 2 is 1.95 bits per heavy atom. The number of rotatable bonds is 6. The van der Waals surface area contributed by atoms with Gasteiger partial charge in [-0.05, 0) is 38.5 Å². The Bertz CT molecular complexity index is 628. The van der Waals surface area contributed by atoms with Gasteiger partial charge in [0.25, 0.3) is 9.05 Å². The minimum absolute atomic E-state index is 0.0456. The van der Waals surface area contributed by atoms with Crippen LogP contribution in [-0.2, 0) is 18.5 Å². The average Bonchev–Trinajstić information content (AvgIpc) is 2.35. The van der Waals surface area contributed by atoms with Crippen LogP contribution in [-0.4, -0.2) is 33.7 Å². The molecule has 5 nitrogen and oxygen atoms in total. The number of hydrogen-bond donors (Lipinski definition) is 0. The lowest BCUT2D eigenvalue weighted by Crippen LogP contribution is -2.15. The van der Waals surface area contributed by atoms with Crippen LogP contribution in [0.5, 0.6) is 0 Å². The van der Waals surface area contributed by atoms with E-state index in [1.807, 2.05) is 13.8 Å². The summed E-state index contributed by atoms with van der Waals surface area (Å²) in [5.74, 6) is -0.622. The fraction of sp³-hybridized carbons (Fsp3) is 0.462. The van der Waals surface area contributed by atoms with E-state index in [1.165, 1.54) is 19.1 Å². The monoisotopic (exact) mass is 398 g/mol. The number of esters is 1. The number of carbonyl (C=O) groups excluding carboxylic acids is 1. The van der Waals surface area contributed by atoms with Gasteiger partial charge in [-0.1, -0.05) is 15.9 Å². The van der Waals surface area contributed by atoms with Crippen LogP contribution >= 0.6 is 26.6 Å². The molecule has 1 aromatic rings. The Labute approximate surface area is 137 Å². The molecule has 0 heterocycles. The van der Waals surface area contributed by atoms with E-state index in [2.05, 4.69) is 15.9 Å². The lowest BCUT2D eigenvalue weighted by molar-refractivity contribution is 0.0176. The molecule has 1 aromatic carbocycles. The summed E-state index contributed by atoms with van der Waals surface area (Å²) in [7, 11) is 1.41. The van der Waals surface area contributed by atoms with Crippen molar-refractivity contribution in [1.29, 1.82) is 0 Å². The highest BCUT2D eigenvalue weighted by atomic mass is 79.9. The molecule has 0 spiro atoms. The number of hydrogen-bond acceptors (Lipinski definition) is 5. The van der Waals surface area contributed by atoms with Gasteiger partial charge in [0.1, 0.15) is 6.61 Å². The summed E-state index contributed by atoms with van der Waals surface area (Å²) >= 11 is 3.15. The topological polar surface area (TPSA) is 69.7 Å². The van der Waals surface area contributed by atoms with Crippen LogP contribution in [0.3, 0.4) is 0 Å². The highest BCUT2D eigenvalue weighted by Crippen LogP contribution is 2.27. The summed E-state index contributed by atoms with van der Waals surface area (Å²) in [4.78, 5) is 11.9. The third kappa shape index (κ3) is 5.58. The Kier molecular flexibility index (Phi) is 6.65. The lowest BCUT2D eigenvalue weighted by Gasteiger charge is -2.11. The molecule has 0 N–H and O–H groups in total. The van der Waals surface area contributed by atoms with Gasteiger partial charge < -0.3 is 9.47 Å². The molecule has 0 unspecified atom stereocenters. The molecule has 0 saturated heterocycles. The smallest absolute Gasteiger partial charge is 0.338 e. The standard InChI is InChI=1S/C13H16BrClO5S/c1-8(2)19-4-5-20-13(16)11-6-10(14)7-12(9(11)3)21(15,17)18/h6-8H,4-5H2,1-3H3. The average molecular weight is 400 g/mol. The van der Waals surface area contributed by atoms with Gasteiger partial charge in [0.05, 0.1) is 23.2 Å². The van der Waals surface area contributed by atoms with E-state index in [1.54, 1.807) is 0 Å².